The number of para-hydroxylation sites is 1. The standard InChI is InChI=1S/C17H19NO/c1-13(14-7-3-2-4-8-14)18-16-11-12-19-17-10-6-5-9-15(16)17/h2-10,13,16,18H,11-12H2,1H3/t13-,16?/m0/s1. The molecule has 0 fully saturated rings. The van der Waals surface area contributed by atoms with Crippen molar-refractivity contribution < 1.29 is 4.74 Å². The second-order valence-electron chi connectivity index (χ2n) is 5.03. The molecule has 2 heteroatoms. The average molecular weight is 253 g/mol. The molecule has 0 amide bonds. The van der Waals surface area contributed by atoms with Crippen LogP contribution in [0.2, 0.25) is 0 Å². The van der Waals surface area contributed by atoms with Gasteiger partial charge in [0.2, 0.25) is 0 Å². The monoisotopic (exact) mass is 253 g/mol. The molecule has 1 heterocycles. The van der Waals surface area contributed by atoms with Gasteiger partial charge >= 0.3 is 0 Å². The molecule has 1 unspecified atom stereocenters. The first kappa shape index (κ1) is 12.2. The molecule has 2 aromatic carbocycles. The number of rotatable bonds is 3. The first-order valence-corrected chi connectivity index (χ1v) is 6.87. The van der Waals surface area contributed by atoms with Crippen molar-refractivity contribution in [3.8, 4) is 5.75 Å². The van der Waals surface area contributed by atoms with Crippen LogP contribution in [-0.2, 0) is 0 Å². The second-order valence-corrected chi connectivity index (χ2v) is 5.03. The number of hydrogen-bond acceptors (Lipinski definition) is 2. The van der Waals surface area contributed by atoms with E-state index in [2.05, 4.69) is 60.8 Å². The quantitative estimate of drug-likeness (QED) is 0.896. The summed E-state index contributed by atoms with van der Waals surface area (Å²) in [6.45, 7) is 3.00. The molecule has 98 valence electrons. The van der Waals surface area contributed by atoms with E-state index in [0.717, 1.165) is 18.8 Å². The van der Waals surface area contributed by atoms with Crippen molar-refractivity contribution in [2.45, 2.75) is 25.4 Å². The molecule has 1 aliphatic heterocycles. The van der Waals surface area contributed by atoms with Crippen LogP contribution in [0.5, 0.6) is 5.75 Å². The molecule has 0 radical (unpaired) electrons. The minimum atomic E-state index is 0.345. The van der Waals surface area contributed by atoms with Crippen molar-refractivity contribution in [3.05, 3.63) is 65.7 Å². The maximum Gasteiger partial charge on any atom is 0.124 e. The lowest BCUT2D eigenvalue weighted by molar-refractivity contribution is 0.246. The summed E-state index contributed by atoms with van der Waals surface area (Å²) >= 11 is 0. The first-order valence-electron chi connectivity index (χ1n) is 6.87. The van der Waals surface area contributed by atoms with Crippen molar-refractivity contribution in [2.75, 3.05) is 6.61 Å². The highest BCUT2D eigenvalue weighted by molar-refractivity contribution is 5.37. The maximum absolute atomic E-state index is 5.70. The Morgan fingerprint density at radius 1 is 1.05 bits per heavy atom. The number of nitrogens with one attached hydrogen (secondary N) is 1. The summed E-state index contributed by atoms with van der Waals surface area (Å²) in [4.78, 5) is 0. The Balaban J connectivity index is 1.78. The van der Waals surface area contributed by atoms with Crippen LogP contribution in [0.3, 0.4) is 0 Å². The topological polar surface area (TPSA) is 21.3 Å². The number of ether oxygens (including phenoxy) is 1. The molecular weight excluding hydrogens is 234 g/mol. The highest BCUT2D eigenvalue weighted by atomic mass is 16.5. The maximum atomic E-state index is 5.70. The third-order valence-electron chi connectivity index (χ3n) is 3.71. The Morgan fingerprint density at radius 3 is 2.63 bits per heavy atom. The van der Waals surface area contributed by atoms with E-state index in [4.69, 9.17) is 4.74 Å². The van der Waals surface area contributed by atoms with Gasteiger partial charge < -0.3 is 10.1 Å². The average Bonchev–Trinajstić information content (AvgIpc) is 2.48. The Hall–Kier alpha value is -1.80. The third kappa shape index (κ3) is 2.64. The molecule has 0 bridgehead atoms. The predicted molar refractivity (Wildman–Crippen MR) is 77.3 cm³/mol. The van der Waals surface area contributed by atoms with Crippen LogP contribution in [0.25, 0.3) is 0 Å². The lowest BCUT2D eigenvalue weighted by Crippen LogP contribution is -2.29. The summed E-state index contributed by atoms with van der Waals surface area (Å²) < 4.78 is 5.70. The lowest BCUT2D eigenvalue weighted by atomic mass is 9.98. The van der Waals surface area contributed by atoms with Crippen LogP contribution in [0.1, 0.15) is 36.6 Å². The molecule has 2 nitrogen and oxygen atoms in total. The third-order valence-corrected chi connectivity index (χ3v) is 3.71. The van der Waals surface area contributed by atoms with Gasteiger partial charge in [-0.3, -0.25) is 0 Å². The molecule has 2 atom stereocenters. The van der Waals surface area contributed by atoms with Crippen LogP contribution < -0.4 is 10.1 Å². The van der Waals surface area contributed by atoms with Crippen molar-refractivity contribution in [2.24, 2.45) is 0 Å². The molecule has 3 rings (SSSR count). The van der Waals surface area contributed by atoms with E-state index in [-0.39, 0.29) is 0 Å². The summed E-state index contributed by atoms with van der Waals surface area (Å²) in [5.74, 6) is 1.02. The van der Waals surface area contributed by atoms with E-state index < -0.39 is 0 Å². The Morgan fingerprint density at radius 2 is 1.79 bits per heavy atom. The second kappa shape index (κ2) is 5.45. The van der Waals surface area contributed by atoms with Gasteiger partial charge in [-0.05, 0) is 18.6 Å². The highest BCUT2D eigenvalue weighted by Gasteiger charge is 2.22. The molecule has 0 saturated carbocycles. The molecule has 1 aliphatic rings. The molecular formula is C17H19NO. The largest absolute Gasteiger partial charge is 0.493 e. The zero-order valence-electron chi connectivity index (χ0n) is 11.2. The fourth-order valence-corrected chi connectivity index (χ4v) is 2.65. The van der Waals surface area contributed by atoms with Crippen LogP contribution in [0.15, 0.2) is 54.6 Å². The summed E-state index contributed by atoms with van der Waals surface area (Å²) in [5, 5.41) is 3.71. The Labute approximate surface area is 114 Å². The van der Waals surface area contributed by atoms with Crippen LogP contribution >= 0.6 is 0 Å². The summed E-state index contributed by atoms with van der Waals surface area (Å²) in [6.07, 6.45) is 1.02. The fraction of sp³-hybridized carbons (Fsp3) is 0.294. The number of fused-ring (bicyclic) bond motifs is 1. The van der Waals surface area contributed by atoms with Crippen molar-refractivity contribution in [1.82, 2.24) is 5.32 Å². The molecule has 0 aliphatic carbocycles. The van der Waals surface area contributed by atoms with E-state index in [0.29, 0.717) is 12.1 Å². The number of benzene rings is 2. The van der Waals surface area contributed by atoms with Crippen molar-refractivity contribution in [3.63, 3.8) is 0 Å². The van der Waals surface area contributed by atoms with E-state index in [1.165, 1.54) is 11.1 Å². The fourth-order valence-electron chi connectivity index (χ4n) is 2.65. The van der Waals surface area contributed by atoms with Gasteiger partial charge in [0.1, 0.15) is 5.75 Å². The normalized spacial score (nSPS) is 19.3. The van der Waals surface area contributed by atoms with Gasteiger partial charge in [-0.25, -0.2) is 0 Å². The Kier molecular flexibility index (Phi) is 3.51. The minimum Gasteiger partial charge on any atom is -0.493 e. The zero-order valence-corrected chi connectivity index (χ0v) is 11.2. The van der Waals surface area contributed by atoms with E-state index >= 15 is 0 Å². The zero-order chi connectivity index (χ0) is 13.1. The van der Waals surface area contributed by atoms with Crippen LogP contribution in [-0.4, -0.2) is 6.61 Å². The molecule has 2 aromatic rings. The Bertz CT molecular complexity index is 538. The highest BCUT2D eigenvalue weighted by Crippen LogP contribution is 2.33. The minimum absolute atomic E-state index is 0.345. The predicted octanol–water partition coefficient (Wildman–Crippen LogP) is 3.86. The summed E-state index contributed by atoms with van der Waals surface area (Å²) in [5.41, 5.74) is 2.60. The lowest BCUT2D eigenvalue weighted by Gasteiger charge is -2.29. The van der Waals surface area contributed by atoms with E-state index in [9.17, 15) is 0 Å². The van der Waals surface area contributed by atoms with Gasteiger partial charge in [-0.2, -0.15) is 0 Å². The molecule has 19 heavy (non-hydrogen) atoms. The van der Waals surface area contributed by atoms with Gasteiger partial charge in [0.15, 0.2) is 0 Å². The van der Waals surface area contributed by atoms with Crippen molar-refractivity contribution >= 4 is 0 Å². The van der Waals surface area contributed by atoms with Gasteiger partial charge in [0.25, 0.3) is 0 Å². The summed E-state index contributed by atoms with van der Waals surface area (Å²) in [6, 6.07) is 19.6. The van der Waals surface area contributed by atoms with Gasteiger partial charge in [-0.1, -0.05) is 48.5 Å². The SMILES string of the molecule is C[C@H](NC1CCOc2ccccc21)c1ccccc1. The van der Waals surface area contributed by atoms with Gasteiger partial charge in [0, 0.05) is 24.1 Å². The van der Waals surface area contributed by atoms with Crippen molar-refractivity contribution in [1.29, 1.82) is 0 Å². The molecule has 0 saturated heterocycles. The molecule has 0 spiro atoms. The van der Waals surface area contributed by atoms with Gasteiger partial charge in [-0.15, -0.1) is 0 Å². The molecule has 1 N–H and O–H groups in total. The van der Waals surface area contributed by atoms with Crippen LogP contribution in [0, 0.1) is 0 Å². The molecule has 0 aromatic heterocycles. The van der Waals surface area contributed by atoms with E-state index in [1.54, 1.807) is 0 Å². The van der Waals surface area contributed by atoms with Crippen LogP contribution in [0.4, 0.5) is 0 Å². The summed E-state index contributed by atoms with van der Waals surface area (Å²) in [7, 11) is 0. The van der Waals surface area contributed by atoms with Gasteiger partial charge in [0.05, 0.1) is 6.61 Å². The smallest absolute Gasteiger partial charge is 0.124 e. The first-order chi connectivity index (χ1) is 9.34. The van der Waals surface area contributed by atoms with E-state index in [1.807, 2.05) is 6.07 Å². The number of hydrogen-bond donors (Lipinski definition) is 1.